The molecule has 2 aromatic rings. The lowest BCUT2D eigenvalue weighted by Gasteiger charge is -2.01. The monoisotopic (exact) mass is 215 g/mol. The van der Waals surface area contributed by atoms with E-state index in [4.69, 9.17) is 16.0 Å². The molecule has 2 rings (SSSR count). The van der Waals surface area contributed by atoms with Crippen molar-refractivity contribution in [2.45, 2.75) is 6.10 Å². The van der Waals surface area contributed by atoms with Gasteiger partial charge in [-0.2, -0.15) is 0 Å². The van der Waals surface area contributed by atoms with Crippen LogP contribution in [0.25, 0.3) is 0 Å². The summed E-state index contributed by atoms with van der Waals surface area (Å²) in [6.45, 7) is 0. The van der Waals surface area contributed by atoms with Crippen LogP contribution in [0, 0.1) is 0 Å². The van der Waals surface area contributed by atoms with Crippen LogP contribution in [0.1, 0.15) is 16.9 Å². The highest BCUT2D eigenvalue weighted by atomic mass is 35.5. The van der Waals surface area contributed by atoms with E-state index in [0.29, 0.717) is 15.1 Å². The molecule has 1 unspecified atom stereocenters. The molecule has 68 valence electrons. The maximum atomic E-state index is 9.69. The van der Waals surface area contributed by atoms with Crippen molar-refractivity contribution in [1.29, 1.82) is 0 Å². The van der Waals surface area contributed by atoms with Crippen molar-refractivity contribution in [2.24, 2.45) is 0 Å². The summed E-state index contributed by atoms with van der Waals surface area (Å²) in [5.41, 5.74) is 0. The molecule has 0 saturated carbocycles. The predicted octanol–water partition coefficient (Wildman–Crippen LogP) is 2.47. The van der Waals surface area contributed by atoms with E-state index in [1.807, 2.05) is 0 Å². The maximum Gasteiger partial charge on any atom is 0.163 e. The first kappa shape index (κ1) is 8.74. The van der Waals surface area contributed by atoms with Crippen molar-refractivity contribution in [3.63, 3.8) is 0 Å². The van der Waals surface area contributed by atoms with Crippen LogP contribution in [0.4, 0.5) is 0 Å². The molecular formula is C8H6ClNO2S. The van der Waals surface area contributed by atoms with Crippen LogP contribution in [0.2, 0.25) is 4.34 Å². The summed E-state index contributed by atoms with van der Waals surface area (Å²) in [6.07, 6.45) is 2.20. The fraction of sp³-hybridized carbons (Fsp3) is 0.125. The van der Waals surface area contributed by atoms with Gasteiger partial charge in [0, 0.05) is 0 Å². The van der Waals surface area contributed by atoms with E-state index in [0.717, 1.165) is 0 Å². The SMILES string of the molecule is OC(c1ccco1)c1ncc(Cl)s1. The summed E-state index contributed by atoms with van der Waals surface area (Å²) in [5, 5.41) is 10.2. The minimum atomic E-state index is -0.813. The summed E-state index contributed by atoms with van der Waals surface area (Å²) in [4.78, 5) is 3.95. The predicted molar refractivity (Wildman–Crippen MR) is 49.9 cm³/mol. The number of aliphatic hydroxyl groups excluding tert-OH is 1. The van der Waals surface area contributed by atoms with Gasteiger partial charge in [-0.15, -0.1) is 11.3 Å². The van der Waals surface area contributed by atoms with E-state index in [1.54, 1.807) is 12.1 Å². The Balaban J connectivity index is 2.28. The van der Waals surface area contributed by atoms with Gasteiger partial charge in [-0.1, -0.05) is 11.6 Å². The molecule has 2 aromatic heterocycles. The maximum absolute atomic E-state index is 9.69. The van der Waals surface area contributed by atoms with E-state index < -0.39 is 6.10 Å². The molecule has 5 heteroatoms. The van der Waals surface area contributed by atoms with Crippen LogP contribution in [0.5, 0.6) is 0 Å². The minimum Gasteiger partial charge on any atom is -0.466 e. The molecule has 0 fully saturated rings. The zero-order valence-corrected chi connectivity index (χ0v) is 8.05. The number of hydrogen-bond acceptors (Lipinski definition) is 4. The Morgan fingerprint density at radius 3 is 3.00 bits per heavy atom. The lowest BCUT2D eigenvalue weighted by atomic mass is 10.3. The second kappa shape index (κ2) is 3.49. The lowest BCUT2D eigenvalue weighted by Crippen LogP contribution is -1.96. The van der Waals surface area contributed by atoms with Gasteiger partial charge in [0.1, 0.15) is 15.1 Å². The van der Waals surface area contributed by atoms with Crippen molar-refractivity contribution in [3.8, 4) is 0 Å². The Bertz CT molecular complexity index is 385. The van der Waals surface area contributed by atoms with Crippen molar-refractivity contribution < 1.29 is 9.52 Å². The standard InChI is InChI=1S/C8H6ClNO2S/c9-6-4-10-8(13-6)7(11)5-2-1-3-12-5/h1-4,7,11H. The number of nitrogens with zero attached hydrogens (tertiary/aromatic N) is 1. The van der Waals surface area contributed by atoms with Crippen LogP contribution in [-0.4, -0.2) is 10.1 Å². The molecule has 0 aliphatic heterocycles. The third-order valence-corrected chi connectivity index (χ3v) is 2.71. The van der Waals surface area contributed by atoms with Gasteiger partial charge in [-0.25, -0.2) is 4.98 Å². The van der Waals surface area contributed by atoms with Crippen LogP contribution in [0.15, 0.2) is 29.0 Å². The smallest absolute Gasteiger partial charge is 0.163 e. The molecule has 0 amide bonds. The van der Waals surface area contributed by atoms with Gasteiger partial charge in [-0.3, -0.25) is 0 Å². The normalized spacial score (nSPS) is 13.1. The molecule has 0 aliphatic rings. The number of aromatic nitrogens is 1. The average Bonchev–Trinajstić information content (AvgIpc) is 2.72. The fourth-order valence-electron chi connectivity index (χ4n) is 0.962. The van der Waals surface area contributed by atoms with Crippen LogP contribution < -0.4 is 0 Å². The van der Waals surface area contributed by atoms with E-state index in [-0.39, 0.29) is 0 Å². The van der Waals surface area contributed by atoms with Gasteiger partial charge in [-0.05, 0) is 12.1 Å². The van der Waals surface area contributed by atoms with Gasteiger partial charge in [0.05, 0.1) is 12.5 Å². The van der Waals surface area contributed by atoms with Crippen molar-refractivity contribution >= 4 is 22.9 Å². The number of rotatable bonds is 2. The molecule has 1 atom stereocenters. The third-order valence-electron chi connectivity index (χ3n) is 1.54. The molecule has 2 heterocycles. The minimum absolute atomic E-state index is 0.478. The van der Waals surface area contributed by atoms with E-state index in [1.165, 1.54) is 23.8 Å². The van der Waals surface area contributed by atoms with Gasteiger partial charge in [0.25, 0.3) is 0 Å². The van der Waals surface area contributed by atoms with E-state index >= 15 is 0 Å². The summed E-state index contributed by atoms with van der Waals surface area (Å²) in [5.74, 6) is 0.478. The Morgan fingerprint density at radius 1 is 1.62 bits per heavy atom. The molecule has 0 radical (unpaired) electrons. The van der Waals surface area contributed by atoms with E-state index in [9.17, 15) is 5.11 Å². The topological polar surface area (TPSA) is 46.3 Å². The van der Waals surface area contributed by atoms with Crippen LogP contribution >= 0.6 is 22.9 Å². The number of halogens is 1. The summed E-state index contributed by atoms with van der Waals surface area (Å²) >= 11 is 6.92. The largest absolute Gasteiger partial charge is 0.466 e. The van der Waals surface area contributed by atoms with Crippen LogP contribution in [-0.2, 0) is 0 Å². The Morgan fingerprint density at radius 2 is 2.46 bits per heavy atom. The summed E-state index contributed by atoms with van der Waals surface area (Å²) < 4.78 is 5.59. The van der Waals surface area contributed by atoms with Gasteiger partial charge in [0.15, 0.2) is 6.10 Å². The Labute approximate surface area is 83.6 Å². The molecule has 13 heavy (non-hydrogen) atoms. The fourth-order valence-corrected chi connectivity index (χ4v) is 1.89. The lowest BCUT2D eigenvalue weighted by molar-refractivity contribution is 0.189. The number of hydrogen-bond donors (Lipinski definition) is 1. The van der Waals surface area contributed by atoms with E-state index in [2.05, 4.69) is 4.98 Å². The first-order chi connectivity index (χ1) is 6.27. The molecule has 3 nitrogen and oxygen atoms in total. The molecule has 0 saturated heterocycles. The molecule has 0 bridgehead atoms. The molecule has 0 spiro atoms. The molecule has 0 aromatic carbocycles. The number of furan rings is 1. The second-order valence-electron chi connectivity index (χ2n) is 2.42. The van der Waals surface area contributed by atoms with Crippen molar-refractivity contribution in [1.82, 2.24) is 4.98 Å². The zero-order chi connectivity index (χ0) is 9.26. The highest BCUT2D eigenvalue weighted by Gasteiger charge is 2.16. The first-order valence-electron chi connectivity index (χ1n) is 3.60. The second-order valence-corrected chi connectivity index (χ2v) is 4.11. The molecular weight excluding hydrogens is 210 g/mol. The number of aliphatic hydroxyl groups is 1. The highest BCUT2D eigenvalue weighted by molar-refractivity contribution is 7.15. The van der Waals surface area contributed by atoms with Crippen LogP contribution in [0.3, 0.4) is 0 Å². The molecule has 0 aliphatic carbocycles. The van der Waals surface area contributed by atoms with Gasteiger partial charge >= 0.3 is 0 Å². The Kier molecular flexibility index (Phi) is 2.35. The van der Waals surface area contributed by atoms with Gasteiger partial charge in [0.2, 0.25) is 0 Å². The average molecular weight is 216 g/mol. The number of thiazole rings is 1. The molecule has 1 N–H and O–H groups in total. The highest BCUT2D eigenvalue weighted by Crippen LogP contribution is 2.28. The van der Waals surface area contributed by atoms with Crippen molar-refractivity contribution in [3.05, 3.63) is 39.7 Å². The first-order valence-corrected chi connectivity index (χ1v) is 4.79. The summed E-state index contributed by atoms with van der Waals surface area (Å²) in [6, 6.07) is 3.41. The zero-order valence-electron chi connectivity index (χ0n) is 6.48. The quantitative estimate of drug-likeness (QED) is 0.837. The van der Waals surface area contributed by atoms with Gasteiger partial charge < -0.3 is 9.52 Å². The summed E-state index contributed by atoms with van der Waals surface area (Å²) in [7, 11) is 0. The third kappa shape index (κ3) is 1.75. The Hall–Kier alpha value is -0.840. The van der Waals surface area contributed by atoms with Crippen molar-refractivity contribution in [2.75, 3.05) is 0 Å².